The highest BCUT2D eigenvalue weighted by Gasteiger charge is 2.01. The monoisotopic (exact) mass is 343 g/mol. The van der Waals surface area contributed by atoms with E-state index in [2.05, 4.69) is 17.2 Å². The van der Waals surface area contributed by atoms with Crippen molar-refractivity contribution >= 4 is 17.5 Å². The van der Waals surface area contributed by atoms with Crippen LogP contribution in [-0.2, 0) is 4.79 Å². The summed E-state index contributed by atoms with van der Waals surface area (Å²) in [6.45, 7) is 2.44. The first kappa shape index (κ1) is 17.7. The molecule has 5 heteroatoms. The molecule has 0 atom stereocenters. The molecule has 0 aliphatic carbocycles. The summed E-state index contributed by atoms with van der Waals surface area (Å²) in [5.41, 5.74) is 1.06. The van der Waals surface area contributed by atoms with Gasteiger partial charge in [0.1, 0.15) is 18.1 Å². The van der Waals surface area contributed by atoms with Crippen LogP contribution in [0.3, 0.4) is 0 Å². The molecule has 2 rings (SSSR count). The lowest BCUT2D eigenvalue weighted by Gasteiger charge is -2.05. The van der Waals surface area contributed by atoms with Crippen molar-refractivity contribution in [2.24, 2.45) is 0 Å². The van der Waals surface area contributed by atoms with Gasteiger partial charge in [-0.1, -0.05) is 41.6 Å². The van der Waals surface area contributed by atoms with Gasteiger partial charge in [-0.3, -0.25) is 4.79 Å². The second-order valence-electron chi connectivity index (χ2n) is 4.93. The van der Waals surface area contributed by atoms with E-state index in [0.29, 0.717) is 10.8 Å². The fourth-order valence-electron chi connectivity index (χ4n) is 1.82. The van der Waals surface area contributed by atoms with E-state index in [4.69, 9.17) is 21.1 Å². The van der Waals surface area contributed by atoms with Crippen molar-refractivity contribution in [3.8, 4) is 23.3 Å². The van der Waals surface area contributed by atoms with E-state index < -0.39 is 0 Å². The largest absolute Gasteiger partial charge is 0.484 e. The van der Waals surface area contributed by atoms with Crippen molar-refractivity contribution < 1.29 is 14.3 Å². The number of para-hydroxylation sites is 1. The maximum Gasteiger partial charge on any atom is 0.258 e. The average Bonchev–Trinajstić information content (AvgIpc) is 2.59. The van der Waals surface area contributed by atoms with Crippen molar-refractivity contribution in [3.63, 3.8) is 0 Å². The molecule has 0 radical (unpaired) electrons. The molecule has 2 aromatic carbocycles. The van der Waals surface area contributed by atoms with Crippen LogP contribution in [-0.4, -0.2) is 25.7 Å². The molecule has 0 aromatic heterocycles. The lowest BCUT2D eigenvalue weighted by molar-refractivity contribution is -0.122. The Labute approximate surface area is 146 Å². The molecule has 0 unspecified atom stereocenters. The van der Waals surface area contributed by atoms with Crippen LogP contribution in [0, 0.1) is 18.8 Å². The summed E-state index contributed by atoms with van der Waals surface area (Å²) in [5, 5.41) is 3.28. The molecule has 0 fully saturated rings. The second kappa shape index (κ2) is 9.49. The third kappa shape index (κ3) is 6.23. The predicted octanol–water partition coefficient (Wildman–Crippen LogP) is 3.23. The highest BCUT2D eigenvalue weighted by atomic mass is 35.5. The molecule has 0 aliphatic rings. The Morgan fingerprint density at radius 2 is 1.83 bits per heavy atom. The Kier molecular flexibility index (Phi) is 7.00. The summed E-state index contributed by atoms with van der Waals surface area (Å²) in [4.78, 5) is 11.6. The van der Waals surface area contributed by atoms with Crippen molar-refractivity contribution in [3.05, 3.63) is 59.1 Å². The predicted molar refractivity (Wildman–Crippen MR) is 94.4 cm³/mol. The molecule has 0 heterocycles. The Hall–Kier alpha value is -2.64. The maximum atomic E-state index is 11.6. The minimum Gasteiger partial charge on any atom is -0.484 e. The van der Waals surface area contributed by atoms with E-state index in [1.54, 1.807) is 24.3 Å². The van der Waals surface area contributed by atoms with Gasteiger partial charge in [-0.15, -0.1) is 0 Å². The highest BCUT2D eigenvalue weighted by molar-refractivity contribution is 6.30. The minimum atomic E-state index is -0.237. The standard InChI is InChI=1S/C19H18ClNO3/c1-15-6-2-3-7-18(15)23-13-5-4-12-21-19(22)14-24-17-10-8-16(20)9-11-17/h2-3,6-11H,12-14H2,1H3,(H,21,22). The van der Waals surface area contributed by atoms with E-state index in [0.717, 1.165) is 11.3 Å². The van der Waals surface area contributed by atoms with Gasteiger partial charge in [0.25, 0.3) is 5.91 Å². The van der Waals surface area contributed by atoms with Crippen LogP contribution in [0.1, 0.15) is 5.56 Å². The van der Waals surface area contributed by atoms with E-state index in [9.17, 15) is 4.79 Å². The number of nitrogens with one attached hydrogen (secondary N) is 1. The zero-order valence-corrected chi connectivity index (χ0v) is 14.1. The van der Waals surface area contributed by atoms with Gasteiger partial charge in [0.2, 0.25) is 0 Å². The van der Waals surface area contributed by atoms with Crippen LogP contribution in [0.2, 0.25) is 5.02 Å². The van der Waals surface area contributed by atoms with Crippen LogP contribution in [0.15, 0.2) is 48.5 Å². The Morgan fingerprint density at radius 1 is 1.08 bits per heavy atom. The fraction of sp³-hybridized carbons (Fsp3) is 0.211. The number of rotatable bonds is 6. The molecule has 0 saturated carbocycles. The van der Waals surface area contributed by atoms with Gasteiger partial charge in [0.15, 0.2) is 6.61 Å². The van der Waals surface area contributed by atoms with Crippen LogP contribution in [0.25, 0.3) is 0 Å². The zero-order chi connectivity index (χ0) is 17.2. The molecule has 0 aliphatic heterocycles. The zero-order valence-electron chi connectivity index (χ0n) is 13.3. The number of halogens is 1. The third-order valence-corrected chi connectivity index (χ3v) is 3.33. The Balaban J connectivity index is 1.62. The molecule has 4 nitrogen and oxygen atoms in total. The van der Waals surface area contributed by atoms with Gasteiger partial charge < -0.3 is 14.8 Å². The summed E-state index contributed by atoms with van der Waals surface area (Å²) in [6, 6.07) is 14.6. The first-order valence-electron chi connectivity index (χ1n) is 7.44. The topological polar surface area (TPSA) is 47.6 Å². The number of ether oxygens (including phenoxy) is 2. The number of hydrogen-bond acceptors (Lipinski definition) is 3. The molecule has 124 valence electrons. The highest BCUT2D eigenvalue weighted by Crippen LogP contribution is 2.16. The quantitative estimate of drug-likeness (QED) is 0.819. The summed E-state index contributed by atoms with van der Waals surface area (Å²) < 4.78 is 10.9. The van der Waals surface area contributed by atoms with Gasteiger partial charge in [-0.2, -0.15) is 0 Å². The van der Waals surface area contributed by atoms with Gasteiger partial charge >= 0.3 is 0 Å². The summed E-state index contributed by atoms with van der Waals surface area (Å²) in [6.07, 6.45) is 0. The lowest BCUT2D eigenvalue weighted by atomic mass is 10.2. The first-order valence-corrected chi connectivity index (χ1v) is 7.82. The van der Waals surface area contributed by atoms with Crippen molar-refractivity contribution in [2.75, 3.05) is 19.8 Å². The van der Waals surface area contributed by atoms with Crippen LogP contribution in [0.4, 0.5) is 0 Å². The minimum absolute atomic E-state index is 0.0664. The molecule has 0 spiro atoms. The molecule has 24 heavy (non-hydrogen) atoms. The number of benzene rings is 2. The van der Waals surface area contributed by atoms with Crippen molar-refractivity contribution in [1.82, 2.24) is 5.32 Å². The van der Waals surface area contributed by atoms with Crippen LogP contribution >= 0.6 is 11.6 Å². The van der Waals surface area contributed by atoms with E-state index in [-0.39, 0.29) is 25.7 Å². The normalized spacial score (nSPS) is 9.58. The van der Waals surface area contributed by atoms with Crippen molar-refractivity contribution in [1.29, 1.82) is 0 Å². The van der Waals surface area contributed by atoms with Gasteiger partial charge in [-0.25, -0.2) is 0 Å². The molecule has 0 saturated heterocycles. The van der Waals surface area contributed by atoms with Crippen molar-refractivity contribution in [2.45, 2.75) is 6.92 Å². The second-order valence-corrected chi connectivity index (χ2v) is 5.36. The summed E-state index contributed by atoms with van der Waals surface area (Å²) in [5.74, 6) is 6.85. The summed E-state index contributed by atoms with van der Waals surface area (Å²) in [7, 11) is 0. The van der Waals surface area contributed by atoms with E-state index >= 15 is 0 Å². The number of carbonyl (C=O) groups excluding carboxylic acids is 1. The first-order chi connectivity index (χ1) is 11.6. The van der Waals surface area contributed by atoms with Crippen LogP contribution in [0.5, 0.6) is 11.5 Å². The van der Waals surface area contributed by atoms with Gasteiger partial charge in [-0.05, 0) is 42.8 Å². The molecule has 2 aromatic rings. The number of carbonyl (C=O) groups is 1. The number of amides is 1. The molecule has 1 N–H and O–H groups in total. The number of hydrogen-bond donors (Lipinski definition) is 1. The third-order valence-electron chi connectivity index (χ3n) is 3.08. The van der Waals surface area contributed by atoms with E-state index in [1.807, 2.05) is 31.2 Å². The molecular formula is C19H18ClNO3. The van der Waals surface area contributed by atoms with Gasteiger partial charge in [0, 0.05) is 5.02 Å². The van der Waals surface area contributed by atoms with Gasteiger partial charge in [0.05, 0.1) is 6.54 Å². The molecular weight excluding hydrogens is 326 g/mol. The lowest BCUT2D eigenvalue weighted by Crippen LogP contribution is -2.29. The number of aryl methyl sites for hydroxylation is 1. The Bertz CT molecular complexity index is 732. The fourth-order valence-corrected chi connectivity index (χ4v) is 1.95. The smallest absolute Gasteiger partial charge is 0.258 e. The Morgan fingerprint density at radius 3 is 2.58 bits per heavy atom. The maximum absolute atomic E-state index is 11.6. The van der Waals surface area contributed by atoms with E-state index in [1.165, 1.54) is 0 Å². The molecule has 0 bridgehead atoms. The van der Waals surface area contributed by atoms with Crippen LogP contribution < -0.4 is 14.8 Å². The average molecular weight is 344 g/mol. The SMILES string of the molecule is Cc1ccccc1OCC#CCNC(=O)COc1ccc(Cl)cc1. The molecule has 1 amide bonds. The summed E-state index contributed by atoms with van der Waals surface area (Å²) >= 11 is 5.77.